The number of aromatic nitrogens is 6. The van der Waals surface area contributed by atoms with Gasteiger partial charge in [-0.15, -0.1) is 20.4 Å². The number of nitrogens with zero attached hydrogens (tertiary/aromatic N) is 6. The van der Waals surface area contributed by atoms with Gasteiger partial charge in [0.15, 0.2) is 11.5 Å². The van der Waals surface area contributed by atoms with Crippen LogP contribution in [0, 0.1) is 0 Å². The molecule has 0 N–H and O–H groups in total. The molecule has 0 aliphatic heterocycles. The van der Waals surface area contributed by atoms with Crippen molar-refractivity contribution in [3.05, 3.63) is 48.4 Å². The molecule has 10 nitrogen and oxygen atoms in total. The van der Waals surface area contributed by atoms with Gasteiger partial charge in [-0.3, -0.25) is 0 Å². The zero-order valence-electron chi connectivity index (χ0n) is 16.1. The van der Waals surface area contributed by atoms with Gasteiger partial charge in [-0.2, -0.15) is 4.80 Å². The predicted octanol–water partition coefficient (Wildman–Crippen LogP) is 2.46. The van der Waals surface area contributed by atoms with E-state index in [1.54, 1.807) is 33.5 Å². The Kier molecular flexibility index (Phi) is 5.06. The molecule has 0 atom stereocenters. The van der Waals surface area contributed by atoms with Crippen LogP contribution < -0.4 is 14.2 Å². The van der Waals surface area contributed by atoms with E-state index in [9.17, 15) is 0 Å². The lowest BCUT2D eigenvalue weighted by Gasteiger charge is -2.07. The summed E-state index contributed by atoms with van der Waals surface area (Å²) in [6.45, 7) is 0.192. The molecule has 0 saturated carbocycles. The molecule has 148 valence electrons. The summed E-state index contributed by atoms with van der Waals surface area (Å²) >= 11 is 0. The van der Waals surface area contributed by atoms with Gasteiger partial charge in [-0.1, -0.05) is 12.1 Å². The van der Waals surface area contributed by atoms with Crippen molar-refractivity contribution in [3.63, 3.8) is 0 Å². The molecule has 0 aliphatic rings. The number of tetrazole rings is 1. The first kappa shape index (κ1) is 18.4. The summed E-state index contributed by atoms with van der Waals surface area (Å²) in [4.78, 5) is 1.39. The average Bonchev–Trinajstić information content (AvgIpc) is 3.43. The molecule has 10 heteroatoms. The van der Waals surface area contributed by atoms with E-state index in [2.05, 4.69) is 25.6 Å². The topological polar surface area (TPSA) is 110 Å². The summed E-state index contributed by atoms with van der Waals surface area (Å²) in [7, 11) is 4.75. The highest BCUT2D eigenvalue weighted by molar-refractivity contribution is 5.59. The van der Waals surface area contributed by atoms with Crippen LogP contribution in [0.25, 0.3) is 22.8 Å². The molecule has 0 aliphatic carbocycles. The summed E-state index contributed by atoms with van der Waals surface area (Å²) in [6, 6.07) is 12.8. The summed E-state index contributed by atoms with van der Waals surface area (Å²) in [5.74, 6) is 3.09. The fourth-order valence-corrected chi connectivity index (χ4v) is 2.71. The van der Waals surface area contributed by atoms with Gasteiger partial charge in [0, 0.05) is 11.1 Å². The number of hydrogen-bond donors (Lipinski definition) is 0. The number of methoxy groups -OCH3 is 3. The summed E-state index contributed by atoms with van der Waals surface area (Å²) < 4.78 is 21.5. The predicted molar refractivity (Wildman–Crippen MR) is 102 cm³/mol. The Labute approximate surface area is 166 Å². The fourth-order valence-electron chi connectivity index (χ4n) is 2.71. The lowest BCUT2D eigenvalue weighted by molar-refractivity contribution is 0.355. The van der Waals surface area contributed by atoms with Crippen LogP contribution in [0.5, 0.6) is 17.2 Å². The van der Waals surface area contributed by atoms with Crippen LogP contribution in [0.2, 0.25) is 0 Å². The fraction of sp³-hybridized carbons (Fsp3) is 0.211. The van der Waals surface area contributed by atoms with Gasteiger partial charge in [0.2, 0.25) is 17.6 Å². The molecule has 4 aromatic rings. The molecule has 0 unspecified atom stereocenters. The molecule has 0 radical (unpaired) electrons. The lowest BCUT2D eigenvalue weighted by atomic mass is 10.2. The van der Waals surface area contributed by atoms with E-state index in [0.29, 0.717) is 34.7 Å². The van der Waals surface area contributed by atoms with Gasteiger partial charge < -0.3 is 18.6 Å². The van der Waals surface area contributed by atoms with E-state index in [-0.39, 0.29) is 6.54 Å². The van der Waals surface area contributed by atoms with Crippen molar-refractivity contribution in [1.82, 2.24) is 30.4 Å². The smallest absolute Gasteiger partial charge is 0.247 e. The van der Waals surface area contributed by atoms with Crippen LogP contribution in [0.1, 0.15) is 5.89 Å². The minimum absolute atomic E-state index is 0.192. The van der Waals surface area contributed by atoms with E-state index in [1.807, 2.05) is 30.3 Å². The largest absolute Gasteiger partial charge is 0.497 e. The molecule has 2 heterocycles. The van der Waals surface area contributed by atoms with Crippen LogP contribution >= 0.6 is 0 Å². The van der Waals surface area contributed by atoms with Crippen molar-refractivity contribution in [2.75, 3.05) is 21.3 Å². The molecule has 2 aromatic heterocycles. The number of hydrogen-bond acceptors (Lipinski definition) is 9. The zero-order chi connectivity index (χ0) is 20.2. The highest BCUT2D eigenvalue weighted by Gasteiger charge is 2.14. The highest BCUT2D eigenvalue weighted by atomic mass is 16.5. The molecular weight excluding hydrogens is 376 g/mol. The first-order valence-corrected chi connectivity index (χ1v) is 8.67. The first-order valence-electron chi connectivity index (χ1n) is 8.67. The minimum Gasteiger partial charge on any atom is -0.497 e. The molecule has 29 heavy (non-hydrogen) atoms. The lowest BCUT2D eigenvalue weighted by Crippen LogP contribution is -2.04. The molecular formula is C19H18N6O4. The van der Waals surface area contributed by atoms with E-state index in [1.165, 1.54) is 4.80 Å². The minimum atomic E-state index is 0.192. The quantitative estimate of drug-likeness (QED) is 0.467. The average molecular weight is 394 g/mol. The van der Waals surface area contributed by atoms with Gasteiger partial charge in [-0.25, -0.2) is 0 Å². The normalized spacial score (nSPS) is 10.7. The van der Waals surface area contributed by atoms with Crippen LogP contribution in [-0.4, -0.2) is 51.7 Å². The van der Waals surface area contributed by atoms with E-state index in [0.717, 1.165) is 11.3 Å². The molecule has 0 fully saturated rings. The van der Waals surface area contributed by atoms with E-state index >= 15 is 0 Å². The third kappa shape index (κ3) is 3.86. The van der Waals surface area contributed by atoms with Gasteiger partial charge in [0.1, 0.15) is 12.3 Å². The molecule has 4 rings (SSSR count). The summed E-state index contributed by atoms with van der Waals surface area (Å²) in [5, 5.41) is 20.6. The van der Waals surface area contributed by atoms with Gasteiger partial charge in [-0.05, 0) is 35.5 Å². The second-order valence-electron chi connectivity index (χ2n) is 5.95. The Morgan fingerprint density at radius 2 is 1.72 bits per heavy atom. The third-order valence-electron chi connectivity index (χ3n) is 4.15. The Hall–Kier alpha value is -3.95. The Morgan fingerprint density at radius 1 is 0.862 bits per heavy atom. The molecule has 0 bridgehead atoms. The number of benzene rings is 2. The SMILES string of the molecule is COc1cccc(-c2nnn(Cc3nnc(-c4ccc(OC)c(OC)c4)o3)n2)c1. The van der Waals surface area contributed by atoms with Crippen molar-refractivity contribution in [3.8, 4) is 40.1 Å². The maximum Gasteiger partial charge on any atom is 0.247 e. The standard InChI is InChI=1S/C19H18N6O4/c1-26-14-6-4-5-12(9-14)18-21-24-25(23-18)11-17-20-22-19(29-17)13-7-8-15(27-2)16(10-13)28-3/h4-10H,11H2,1-3H3. The maximum atomic E-state index is 5.73. The van der Waals surface area contributed by atoms with Crippen molar-refractivity contribution in [2.24, 2.45) is 0 Å². The molecule has 0 amide bonds. The molecule has 2 aromatic carbocycles. The van der Waals surface area contributed by atoms with Crippen molar-refractivity contribution in [1.29, 1.82) is 0 Å². The second-order valence-corrected chi connectivity index (χ2v) is 5.95. The van der Waals surface area contributed by atoms with Gasteiger partial charge >= 0.3 is 0 Å². The number of ether oxygens (including phenoxy) is 3. The maximum absolute atomic E-state index is 5.73. The van der Waals surface area contributed by atoms with Crippen LogP contribution in [0.3, 0.4) is 0 Å². The third-order valence-corrected chi connectivity index (χ3v) is 4.15. The Balaban J connectivity index is 1.52. The van der Waals surface area contributed by atoms with Crippen LogP contribution in [0.4, 0.5) is 0 Å². The van der Waals surface area contributed by atoms with E-state index < -0.39 is 0 Å². The van der Waals surface area contributed by atoms with Gasteiger partial charge in [0.25, 0.3) is 0 Å². The van der Waals surface area contributed by atoms with Crippen LogP contribution in [0.15, 0.2) is 46.9 Å². The zero-order valence-corrected chi connectivity index (χ0v) is 16.1. The van der Waals surface area contributed by atoms with Crippen LogP contribution in [-0.2, 0) is 6.54 Å². The number of rotatable bonds is 7. The second kappa shape index (κ2) is 7.97. The first-order chi connectivity index (χ1) is 14.2. The van der Waals surface area contributed by atoms with Crippen molar-refractivity contribution in [2.45, 2.75) is 6.54 Å². The van der Waals surface area contributed by atoms with E-state index in [4.69, 9.17) is 18.6 Å². The van der Waals surface area contributed by atoms with Crippen molar-refractivity contribution < 1.29 is 18.6 Å². The Bertz CT molecular complexity index is 1120. The summed E-state index contributed by atoms with van der Waals surface area (Å²) in [5.41, 5.74) is 1.51. The Morgan fingerprint density at radius 3 is 2.52 bits per heavy atom. The molecule has 0 saturated heterocycles. The monoisotopic (exact) mass is 394 g/mol. The molecule has 0 spiro atoms. The summed E-state index contributed by atoms with van der Waals surface area (Å²) in [6.07, 6.45) is 0. The highest BCUT2D eigenvalue weighted by Crippen LogP contribution is 2.31. The van der Waals surface area contributed by atoms with Gasteiger partial charge in [0.05, 0.1) is 21.3 Å². The van der Waals surface area contributed by atoms with Crippen molar-refractivity contribution >= 4 is 0 Å².